The summed E-state index contributed by atoms with van der Waals surface area (Å²) < 4.78 is 1.11. The van der Waals surface area contributed by atoms with Gasteiger partial charge in [-0.3, -0.25) is 0 Å². The number of benzene rings is 1. The lowest BCUT2D eigenvalue weighted by Crippen LogP contribution is -2.38. The van der Waals surface area contributed by atoms with Crippen molar-refractivity contribution in [3.05, 3.63) is 34.3 Å². The Morgan fingerprint density at radius 1 is 1.29 bits per heavy atom. The highest BCUT2D eigenvalue weighted by Gasteiger charge is 2.18. The van der Waals surface area contributed by atoms with Crippen molar-refractivity contribution in [2.24, 2.45) is 11.7 Å². The molecular weight excluding hydrogens is 276 g/mol. The van der Waals surface area contributed by atoms with Crippen LogP contribution in [0.3, 0.4) is 0 Å². The smallest absolute Gasteiger partial charge is 0.0424 e. The zero-order chi connectivity index (χ0) is 12.3. The predicted octanol–water partition coefficient (Wildman–Crippen LogP) is 3.18. The molecule has 1 unspecified atom stereocenters. The maximum Gasteiger partial charge on any atom is 0.0424 e. The molecule has 0 amide bonds. The lowest BCUT2D eigenvalue weighted by atomic mass is 9.98. The second kappa shape index (κ2) is 5.98. The molecule has 2 N–H and O–H groups in total. The monoisotopic (exact) mass is 296 g/mol. The van der Waals surface area contributed by atoms with E-state index in [9.17, 15) is 0 Å². The van der Waals surface area contributed by atoms with Gasteiger partial charge in [-0.25, -0.2) is 0 Å². The largest absolute Gasteiger partial charge is 0.323 e. The van der Waals surface area contributed by atoms with Crippen molar-refractivity contribution in [2.45, 2.75) is 25.8 Å². The van der Waals surface area contributed by atoms with E-state index >= 15 is 0 Å². The molecule has 0 aliphatic carbocycles. The van der Waals surface area contributed by atoms with Gasteiger partial charge in [0.1, 0.15) is 0 Å². The molecule has 17 heavy (non-hydrogen) atoms. The Labute approximate surface area is 112 Å². The topological polar surface area (TPSA) is 29.3 Å². The molecule has 1 aliphatic rings. The van der Waals surface area contributed by atoms with E-state index in [0.717, 1.165) is 16.9 Å². The highest BCUT2D eigenvalue weighted by Crippen LogP contribution is 2.20. The number of hydrogen-bond acceptors (Lipinski definition) is 2. The van der Waals surface area contributed by atoms with Gasteiger partial charge >= 0.3 is 0 Å². The first-order valence-corrected chi connectivity index (χ1v) is 7.18. The molecular formula is C14H21BrN2. The fraction of sp³-hybridized carbons (Fsp3) is 0.571. The summed E-state index contributed by atoms with van der Waals surface area (Å²) >= 11 is 3.45. The first kappa shape index (κ1) is 13.1. The average Bonchev–Trinajstić information content (AvgIpc) is 2.33. The number of rotatable bonds is 3. The fourth-order valence-electron chi connectivity index (χ4n) is 2.34. The van der Waals surface area contributed by atoms with Crippen molar-refractivity contribution in [3.8, 4) is 0 Å². The third-order valence-electron chi connectivity index (χ3n) is 3.63. The summed E-state index contributed by atoms with van der Waals surface area (Å²) in [6.07, 6.45) is 2.63. The molecule has 1 heterocycles. The van der Waals surface area contributed by atoms with Crippen LogP contribution in [0.1, 0.15) is 31.4 Å². The minimum Gasteiger partial charge on any atom is -0.323 e. The Kier molecular flexibility index (Phi) is 4.60. The molecule has 2 rings (SSSR count). The zero-order valence-electron chi connectivity index (χ0n) is 10.4. The quantitative estimate of drug-likeness (QED) is 0.928. The van der Waals surface area contributed by atoms with Crippen LogP contribution in [0, 0.1) is 5.92 Å². The van der Waals surface area contributed by atoms with Crippen LogP contribution in [0.5, 0.6) is 0 Å². The molecule has 0 spiro atoms. The highest BCUT2D eigenvalue weighted by atomic mass is 79.9. The molecule has 1 aromatic rings. The van der Waals surface area contributed by atoms with Gasteiger partial charge in [0.05, 0.1) is 0 Å². The molecule has 1 aromatic carbocycles. The summed E-state index contributed by atoms with van der Waals surface area (Å²) in [7, 11) is 0. The normalized spacial score (nSPS) is 20.4. The first-order valence-electron chi connectivity index (χ1n) is 6.38. The molecule has 0 saturated carbocycles. The van der Waals surface area contributed by atoms with Gasteiger partial charge in [0, 0.05) is 17.1 Å². The van der Waals surface area contributed by atoms with E-state index in [1.54, 1.807) is 0 Å². The molecule has 1 aliphatic heterocycles. The van der Waals surface area contributed by atoms with Gasteiger partial charge in [0.15, 0.2) is 0 Å². The summed E-state index contributed by atoms with van der Waals surface area (Å²) in [5.41, 5.74) is 7.48. The standard InChI is InChI=1S/C14H21BrN2/c1-11-6-8-17(9-7-11)10-14(16)12-2-4-13(15)5-3-12/h2-5,11,14H,6-10,16H2,1H3. The first-order chi connectivity index (χ1) is 8.15. The Morgan fingerprint density at radius 2 is 1.88 bits per heavy atom. The van der Waals surface area contributed by atoms with Crippen LogP contribution in [-0.4, -0.2) is 24.5 Å². The minimum atomic E-state index is 0.136. The summed E-state index contributed by atoms with van der Waals surface area (Å²) in [5.74, 6) is 0.884. The van der Waals surface area contributed by atoms with Crippen LogP contribution >= 0.6 is 15.9 Å². The number of halogens is 1. The van der Waals surface area contributed by atoms with Crippen LogP contribution in [0.25, 0.3) is 0 Å². The van der Waals surface area contributed by atoms with Gasteiger partial charge in [-0.2, -0.15) is 0 Å². The average molecular weight is 297 g/mol. The molecule has 94 valence electrons. The third-order valence-corrected chi connectivity index (χ3v) is 4.16. The van der Waals surface area contributed by atoms with Crippen LogP contribution in [0.4, 0.5) is 0 Å². The summed E-state index contributed by atoms with van der Waals surface area (Å²) in [5, 5.41) is 0. The van der Waals surface area contributed by atoms with E-state index in [0.29, 0.717) is 0 Å². The van der Waals surface area contributed by atoms with Crippen molar-refractivity contribution in [2.75, 3.05) is 19.6 Å². The molecule has 0 bridgehead atoms. The van der Waals surface area contributed by atoms with E-state index in [2.05, 4.69) is 52.0 Å². The van der Waals surface area contributed by atoms with Gasteiger partial charge in [-0.05, 0) is 49.5 Å². The lowest BCUT2D eigenvalue weighted by Gasteiger charge is -2.32. The van der Waals surface area contributed by atoms with Crippen LogP contribution in [-0.2, 0) is 0 Å². The molecule has 2 nitrogen and oxygen atoms in total. The summed E-state index contributed by atoms with van der Waals surface area (Å²) in [6, 6.07) is 8.49. The number of nitrogens with zero attached hydrogens (tertiary/aromatic N) is 1. The molecule has 1 fully saturated rings. The van der Waals surface area contributed by atoms with Gasteiger partial charge in [0.25, 0.3) is 0 Å². The van der Waals surface area contributed by atoms with Crippen molar-refractivity contribution in [3.63, 3.8) is 0 Å². The zero-order valence-corrected chi connectivity index (χ0v) is 12.0. The van der Waals surface area contributed by atoms with Crippen molar-refractivity contribution in [1.29, 1.82) is 0 Å². The Hall–Kier alpha value is -0.380. The number of hydrogen-bond donors (Lipinski definition) is 1. The van der Waals surface area contributed by atoms with Gasteiger partial charge in [-0.15, -0.1) is 0 Å². The van der Waals surface area contributed by atoms with Crippen LogP contribution < -0.4 is 5.73 Å². The highest BCUT2D eigenvalue weighted by molar-refractivity contribution is 9.10. The van der Waals surface area contributed by atoms with Crippen LogP contribution in [0.15, 0.2) is 28.7 Å². The van der Waals surface area contributed by atoms with Gasteiger partial charge in [-0.1, -0.05) is 35.0 Å². The second-order valence-corrected chi connectivity index (χ2v) is 6.06. The fourth-order valence-corrected chi connectivity index (χ4v) is 2.60. The van der Waals surface area contributed by atoms with E-state index in [1.807, 2.05) is 0 Å². The van der Waals surface area contributed by atoms with E-state index in [4.69, 9.17) is 5.73 Å². The van der Waals surface area contributed by atoms with Gasteiger partial charge < -0.3 is 10.6 Å². The summed E-state index contributed by atoms with van der Waals surface area (Å²) in [4.78, 5) is 2.49. The van der Waals surface area contributed by atoms with E-state index < -0.39 is 0 Å². The molecule has 3 heteroatoms. The number of nitrogens with two attached hydrogens (primary N) is 1. The predicted molar refractivity (Wildman–Crippen MR) is 75.9 cm³/mol. The molecule has 1 saturated heterocycles. The maximum atomic E-state index is 6.25. The lowest BCUT2D eigenvalue weighted by molar-refractivity contribution is 0.183. The van der Waals surface area contributed by atoms with Crippen LogP contribution in [0.2, 0.25) is 0 Å². The number of likely N-dealkylation sites (tertiary alicyclic amines) is 1. The number of piperidine rings is 1. The maximum absolute atomic E-state index is 6.25. The Bertz CT molecular complexity index is 342. The van der Waals surface area contributed by atoms with E-state index in [1.165, 1.54) is 31.5 Å². The van der Waals surface area contributed by atoms with E-state index in [-0.39, 0.29) is 6.04 Å². The minimum absolute atomic E-state index is 0.136. The Morgan fingerprint density at radius 3 is 2.47 bits per heavy atom. The Balaban J connectivity index is 1.88. The van der Waals surface area contributed by atoms with Crippen molar-refractivity contribution < 1.29 is 0 Å². The summed E-state index contributed by atoms with van der Waals surface area (Å²) in [6.45, 7) is 5.72. The molecule has 0 aromatic heterocycles. The van der Waals surface area contributed by atoms with Crippen molar-refractivity contribution in [1.82, 2.24) is 4.90 Å². The van der Waals surface area contributed by atoms with Crippen molar-refractivity contribution >= 4 is 15.9 Å². The SMILES string of the molecule is CC1CCN(CC(N)c2ccc(Br)cc2)CC1. The third kappa shape index (κ3) is 3.80. The molecule has 0 radical (unpaired) electrons. The molecule has 1 atom stereocenters. The van der Waals surface area contributed by atoms with Gasteiger partial charge in [0.2, 0.25) is 0 Å². The second-order valence-electron chi connectivity index (χ2n) is 5.14.